The normalized spacial score (nSPS) is 9.85. The molecule has 0 aliphatic carbocycles. The summed E-state index contributed by atoms with van der Waals surface area (Å²) in [6.07, 6.45) is 7.12. The van der Waals surface area contributed by atoms with Crippen molar-refractivity contribution in [1.29, 1.82) is 0 Å². The summed E-state index contributed by atoms with van der Waals surface area (Å²) in [7, 11) is 0. The lowest BCUT2D eigenvalue weighted by Gasteiger charge is -1.95. The first kappa shape index (κ1) is 7.73. The number of aldehydes is 1. The average Bonchev–Trinajstić information content (AvgIpc) is 2.67. The van der Waals surface area contributed by atoms with E-state index in [4.69, 9.17) is 4.42 Å². The molecular weight excluding hydrogens is 166 g/mol. The molecule has 0 N–H and O–H groups in total. The fourth-order valence-corrected chi connectivity index (χ4v) is 1.15. The number of pyridine rings is 1. The molecule has 64 valence electrons. The molecule has 3 nitrogen and oxygen atoms in total. The van der Waals surface area contributed by atoms with Crippen LogP contribution in [0, 0.1) is 0 Å². The molecule has 0 atom stereocenters. The molecule has 0 spiro atoms. The molecular formula is C10H7NO2. The standard InChI is InChI=1S/C10H7NO2/c12-5-9-6-13-7-10(9)8-2-1-3-11-4-8/h1-7H. The average molecular weight is 173 g/mol. The van der Waals surface area contributed by atoms with Gasteiger partial charge in [0.1, 0.15) is 6.26 Å². The van der Waals surface area contributed by atoms with E-state index in [2.05, 4.69) is 4.98 Å². The van der Waals surface area contributed by atoms with Crippen LogP contribution in [-0.4, -0.2) is 11.3 Å². The second-order valence-corrected chi connectivity index (χ2v) is 2.60. The van der Waals surface area contributed by atoms with Crippen molar-refractivity contribution in [2.75, 3.05) is 0 Å². The topological polar surface area (TPSA) is 43.1 Å². The molecule has 0 radical (unpaired) electrons. The predicted molar refractivity (Wildman–Crippen MR) is 47.3 cm³/mol. The third-order valence-corrected chi connectivity index (χ3v) is 1.79. The van der Waals surface area contributed by atoms with E-state index in [9.17, 15) is 4.79 Å². The van der Waals surface area contributed by atoms with Gasteiger partial charge in [0.25, 0.3) is 0 Å². The first-order valence-electron chi connectivity index (χ1n) is 3.83. The zero-order valence-electron chi connectivity index (χ0n) is 6.81. The minimum absolute atomic E-state index is 0.549. The van der Waals surface area contributed by atoms with Crippen molar-refractivity contribution in [3.8, 4) is 11.1 Å². The number of rotatable bonds is 2. The first-order chi connectivity index (χ1) is 6.42. The Labute approximate surface area is 75.0 Å². The van der Waals surface area contributed by atoms with Crippen LogP contribution in [0.15, 0.2) is 41.5 Å². The van der Waals surface area contributed by atoms with Crippen LogP contribution >= 0.6 is 0 Å². The molecule has 0 aliphatic heterocycles. The maximum Gasteiger partial charge on any atom is 0.153 e. The van der Waals surface area contributed by atoms with Crippen LogP contribution in [-0.2, 0) is 0 Å². The summed E-state index contributed by atoms with van der Waals surface area (Å²) in [4.78, 5) is 14.5. The van der Waals surface area contributed by atoms with Gasteiger partial charge in [0, 0.05) is 23.5 Å². The highest BCUT2D eigenvalue weighted by Gasteiger charge is 2.05. The van der Waals surface area contributed by atoms with Crippen molar-refractivity contribution in [2.24, 2.45) is 0 Å². The van der Waals surface area contributed by atoms with Crippen LogP contribution in [0.2, 0.25) is 0 Å². The monoisotopic (exact) mass is 173 g/mol. The van der Waals surface area contributed by atoms with Gasteiger partial charge in [0.15, 0.2) is 6.29 Å². The first-order valence-corrected chi connectivity index (χ1v) is 3.83. The lowest BCUT2D eigenvalue weighted by Crippen LogP contribution is -1.81. The Balaban J connectivity index is 2.52. The van der Waals surface area contributed by atoms with Crippen molar-refractivity contribution < 1.29 is 9.21 Å². The van der Waals surface area contributed by atoms with Gasteiger partial charge in [-0.15, -0.1) is 0 Å². The van der Waals surface area contributed by atoms with Crippen molar-refractivity contribution >= 4 is 6.29 Å². The van der Waals surface area contributed by atoms with E-state index in [1.54, 1.807) is 18.7 Å². The van der Waals surface area contributed by atoms with Crippen LogP contribution in [0.25, 0.3) is 11.1 Å². The Hall–Kier alpha value is -1.90. The summed E-state index contributed by atoms with van der Waals surface area (Å²) in [5.41, 5.74) is 2.22. The smallest absolute Gasteiger partial charge is 0.153 e. The lowest BCUT2D eigenvalue weighted by molar-refractivity contribution is 0.112. The zero-order chi connectivity index (χ0) is 9.10. The molecule has 0 bridgehead atoms. The second-order valence-electron chi connectivity index (χ2n) is 2.60. The Bertz CT molecular complexity index is 406. The van der Waals surface area contributed by atoms with E-state index in [-0.39, 0.29) is 0 Å². The molecule has 0 saturated heterocycles. The maximum atomic E-state index is 10.6. The number of hydrogen-bond acceptors (Lipinski definition) is 3. The highest BCUT2D eigenvalue weighted by molar-refractivity contribution is 5.86. The molecule has 2 rings (SSSR count). The van der Waals surface area contributed by atoms with Crippen LogP contribution in [0.3, 0.4) is 0 Å². The minimum Gasteiger partial charge on any atom is -0.471 e. The molecule has 0 aromatic carbocycles. The molecule has 0 fully saturated rings. The predicted octanol–water partition coefficient (Wildman–Crippen LogP) is 2.15. The number of nitrogens with zero attached hydrogens (tertiary/aromatic N) is 1. The Morgan fingerprint density at radius 1 is 1.38 bits per heavy atom. The van der Waals surface area contributed by atoms with Gasteiger partial charge in [-0.1, -0.05) is 6.07 Å². The third kappa shape index (κ3) is 1.36. The Morgan fingerprint density at radius 3 is 3.00 bits per heavy atom. The number of furan rings is 1. The largest absolute Gasteiger partial charge is 0.471 e. The number of hydrogen-bond donors (Lipinski definition) is 0. The van der Waals surface area contributed by atoms with Crippen LogP contribution in [0.1, 0.15) is 10.4 Å². The van der Waals surface area contributed by atoms with Gasteiger partial charge in [-0.2, -0.15) is 0 Å². The molecule has 13 heavy (non-hydrogen) atoms. The third-order valence-electron chi connectivity index (χ3n) is 1.79. The van der Waals surface area contributed by atoms with Gasteiger partial charge in [-0.05, 0) is 6.07 Å². The fourth-order valence-electron chi connectivity index (χ4n) is 1.15. The Kier molecular flexibility index (Phi) is 1.92. The van der Waals surface area contributed by atoms with Crippen LogP contribution in [0.4, 0.5) is 0 Å². The van der Waals surface area contributed by atoms with Crippen molar-refractivity contribution in [3.05, 3.63) is 42.6 Å². The van der Waals surface area contributed by atoms with E-state index in [1.807, 2.05) is 12.1 Å². The second kappa shape index (κ2) is 3.23. The molecule has 2 aromatic rings. The van der Waals surface area contributed by atoms with E-state index >= 15 is 0 Å². The van der Waals surface area contributed by atoms with Gasteiger partial charge in [0.05, 0.1) is 11.8 Å². The number of carbonyl (C=O) groups is 1. The molecule has 3 heteroatoms. The quantitative estimate of drug-likeness (QED) is 0.653. The molecule has 2 heterocycles. The van der Waals surface area contributed by atoms with Gasteiger partial charge in [-0.25, -0.2) is 0 Å². The minimum atomic E-state index is 0.549. The number of carbonyl (C=O) groups excluding carboxylic acids is 1. The highest BCUT2D eigenvalue weighted by Crippen LogP contribution is 2.22. The fraction of sp³-hybridized carbons (Fsp3) is 0. The zero-order valence-corrected chi connectivity index (χ0v) is 6.81. The van der Waals surface area contributed by atoms with Crippen LogP contribution in [0.5, 0.6) is 0 Å². The highest BCUT2D eigenvalue weighted by atomic mass is 16.3. The van der Waals surface area contributed by atoms with E-state index < -0.39 is 0 Å². The van der Waals surface area contributed by atoms with E-state index in [0.717, 1.165) is 17.4 Å². The summed E-state index contributed by atoms with van der Waals surface area (Å²) in [6, 6.07) is 3.70. The van der Waals surface area contributed by atoms with Crippen molar-refractivity contribution in [3.63, 3.8) is 0 Å². The van der Waals surface area contributed by atoms with E-state index in [0.29, 0.717) is 5.56 Å². The summed E-state index contributed by atoms with van der Waals surface area (Å²) in [5.74, 6) is 0. The Morgan fingerprint density at radius 2 is 2.31 bits per heavy atom. The summed E-state index contributed by atoms with van der Waals surface area (Å²) >= 11 is 0. The van der Waals surface area contributed by atoms with Gasteiger partial charge in [-0.3, -0.25) is 9.78 Å². The summed E-state index contributed by atoms with van der Waals surface area (Å²) in [6.45, 7) is 0. The van der Waals surface area contributed by atoms with Gasteiger partial charge < -0.3 is 4.42 Å². The lowest BCUT2D eigenvalue weighted by atomic mass is 10.1. The summed E-state index contributed by atoms with van der Waals surface area (Å²) in [5, 5.41) is 0. The van der Waals surface area contributed by atoms with Gasteiger partial charge >= 0.3 is 0 Å². The molecule has 2 aromatic heterocycles. The van der Waals surface area contributed by atoms with E-state index in [1.165, 1.54) is 6.26 Å². The maximum absolute atomic E-state index is 10.6. The van der Waals surface area contributed by atoms with Crippen molar-refractivity contribution in [2.45, 2.75) is 0 Å². The number of aromatic nitrogens is 1. The van der Waals surface area contributed by atoms with Crippen molar-refractivity contribution in [1.82, 2.24) is 4.98 Å². The SMILES string of the molecule is O=Cc1cocc1-c1cccnc1. The summed E-state index contributed by atoms with van der Waals surface area (Å²) < 4.78 is 4.93. The molecule has 0 unspecified atom stereocenters. The molecule has 0 amide bonds. The van der Waals surface area contributed by atoms with Gasteiger partial charge in [0.2, 0.25) is 0 Å². The van der Waals surface area contributed by atoms with Crippen LogP contribution < -0.4 is 0 Å². The molecule has 0 saturated carbocycles. The molecule has 0 aliphatic rings.